The third kappa shape index (κ3) is 6.26. The third-order valence-electron chi connectivity index (χ3n) is 5.20. The number of ether oxygens (including phenoxy) is 1. The first-order valence-electron chi connectivity index (χ1n) is 10.4. The Morgan fingerprint density at radius 3 is 2.18 bits per heavy atom. The van der Waals surface area contributed by atoms with Crippen molar-refractivity contribution in [3.63, 3.8) is 0 Å². The van der Waals surface area contributed by atoms with E-state index in [1.165, 1.54) is 38.3 Å². The summed E-state index contributed by atoms with van der Waals surface area (Å²) in [5.74, 6) is -1.22. The summed E-state index contributed by atoms with van der Waals surface area (Å²) in [4.78, 5) is 25.5. The number of nitrogens with zero attached hydrogens (tertiary/aromatic N) is 2. The number of aliphatic imine (C=N–C) groups is 1. The fourth-order valence-corrected chi connectivity index (χ4v) is 3.11. The Balaban J connectivity index is 2.46. The molecule has 4 N–H and O–H groups in total. The summed E-state index contributed by atoms with van der Waals surface area (Å²) in [7, 11) is 1.34. The molecule has 0 fully saturated rings. The quantitative estimate of drug-likeness (QED) is 0.173. The van der Waals surface area contributed by atoms with Crippen molar-refractivity contribution in [1.82, 2.24) is 0 Å². The van der Waals surface area contributed by atoms with Gasteiger partial charge in [-0.25, -0.2) is 4.79 Å². The number of hydrogen-bond acceptors (Lipinski definition) is 7. The lowest BCUT2D eigenvalue weighted by Gasteiger charge is -2.23. The van der Waals surface area contributed by atoms with Crippen LogP contribution in [0.25, 0.3) is 0 Å². The van der Waals surface area contributed by atoms with E-state index in [0.29, 0.717) is 11.3 Å². The maximum atomic E-state index is 11.6. The molecule has 9 nitrogen and oxygen atoms in total. The molecule has 0 aliphatic rings. The molecule has 2 aromatic rings. The van der Waals surface area contributed by atoms with Crippen LogP contribution in [-0.2, 0) is 0 Å². The summed E-state index contributed by atoms with van der Waals surface area (Å²) >= 11 is 0. The maximum absolute atomic E-state index is 11.6. The first-order chi connectivity index (χ1) is 15.5. The number of quaternary nitrogens is 1. The monoisotopic (exact) mass is 456 g/mol. The van der Waals surface area contributed by atoms with Gasteiger partial charge < -0.3 is 9.84 Å². The first-order valence-corrected chi connectivity index (χ1v) is 10.4. The molecular formula is C24H30N3O6+. The number of ketones is 1. The topological polar surface area (TPSA) is 128 Å². The van der Waals surface area contributed by atoms with Gasteiger partial charge in [0.2, 0.25) is 0 Å². The SMILES string of the molecule is C/C=C(\N=C(\c1ccc(C(C)=O)cc1)C(C)CC)[N+](O)(O)Nc1ccc(C(=O)O)cc1OC. The fraction of sp³-hybridized carbons (Fsp3) is 0.292. The van der Waals surface area contributed by atoms with Gasteiger partial charge in [0.25, 0.3) is 0 Å². The fourth-order valence-electron chi connectivity index (χ4n) is 3.11. The molecule has 0 saturated heterocycles. The van der Waals surface area contributed by atoms with E-state index >= 15 is 0 Å². The van der Waals surface area contributed by atoms with Crippen LogP contribution in [0, 0.1) is 5.92 Å². The third-order valence-corrected chi connectivity index (χ3v) is 5.20. The zero-order valence-corrected chi connectivity index (χ0v) is 19.4. The van der Waals surface area contributed by atoms with E-state index in [-0.39, 0.29) is 34.5 Å². The summed E-state index contributed by atoms with van der Waals surface area (Å²) in [5.41, 5.74) is 4.57. The molecular weight excluding hydrogens is 426 g/mol. The number of hydroxylamine groups is 2. The van der Waals surface area contributed by atoms with Crippen molar-refractivity contribution >= 4 is 23.2 Å². The molecule has 176 valence electrons. The van der Waals surface area contributed by atoms with Gasteiger partial charge in [0.15, 0.2) is 5.78 Å². The summed E-state index contributed by atoms with van der Waals surface area (Å²) in [6.45, 7) is 7.06. The first kappa shape index (κ1) is 25.7. The second-order valence-corrected chi connectivity index (χ2v) is 7.52. The summed E-state index contributed by atoms with van der Waals surface area (Å²) in [6, 6.07) is 10.9. The predicted octanol–water partition coefficient (Wildman–Crippen LogP) is 4.91. The van der Waals surface area contributed by atoms with E-state index in [9.17, 15) is 20.0 Å². The number of Topliss-reactive ketones (excluding diaryl/α,β-unsaturated/α-hetero) is 1. The van der Waals surface area contributed by atoms with E-state index in [1.54, 1.807) is 31.2 Å². The Hall–Kier alpha value is -3.53. The van der Waals surface area contributed by atoms with Crippen LogP contribution >= 0.6 is 0 Å². The van der Waals surface area contributed by atoms with E-state index in [2.05, 4.69) is 10.4 Å². The number of carbonyl (C=O) groups is 2. The predicted molar refractivity (Wildman–Crippen MR) is 124 cm³/mol. The minimum absolute atomic E-state index is 0.0104. The van der Waals surface area contributed by atoms with Crippen LogP contribution in [0.4, 0.5) is 5.69 Å². The van der Waals surface area contributed by atoms with Crippen LogP contribution in [0.1, 0.15) is 60.4 Å². The average Bonchev–Trinajstić information content (AvgIpc) is 2.79. The van der Waals surface area contributed by atoms with Crippen molar-refractivity contribution in [2.24, 2.45) is 10.9 Å². The van der Waals surface area contributed by atoms with Crippen molar-refractivity contribution in [3.05, 3.63) is 71.1 Å². The van der Waals surface area contributed by atoms with Crippen molar-refractivity contribution in [1.29, 1.82) is 0 Å². The minimum Gasteiger partial charge on any atom is -0.494 e. The lowest BCUT2D eigenvalue weighted by molar-refractivity contribution is -1.20. The molecule has 0 radical (unpaired) electrons. The molecule has 2 aromatic carbocycles. The molecule has 0 aromatic heterocycles. The number of methoxy groups -OCH3 is 1. The van der Waals surface area contributed by atoms with Crippen LogP contribution in [-0.4, -0.2) is 45.0 Å². The van der Waals surface area contributed by atoms with E-state index in [1.807, 2.05) is 13.8 Å². The standard InChI is InChI=1S/C24H29N3O6/c1-6-15(3)23(18-10-8-17(9-11-18)16(4)28)25-22(7-2)27(31,32)26-20-13-12-19(24(29)30)14-21(20)33-5/h7-15,26,31-32H,6H2,1-5H3/p+1/b22-7+,25-23+. The normalized spacial score (nSPS) is 13.4. The number of allylic oxidation sites excluding steroid dienone is 1. The van der Waals surface area contributed by atoms with Crippen LogP contribution in [0.2, 0.25) is 0 Å². The number of hydrogen-bond donors (Lipinski definition) is 4. The van der Waals surface area contributed by atoms with Crippen molar-refractivity contribution in [3.8, 4) is 5.75 Å². The maximum Gasteiger partial charge on any atom is 0.335 e. The molecule has 9 heteroatoms. The van der Waals surface area contributed by atoms with Crippen LogP contribution in [0.5, 0.6) is 5.75 Å². The number of nitrogens with one attached hydrogen (secondary N) is 1. The number of anilines is 1. The summed E-state index contributed by atoms with van der Waals surface area (Å²) < 4.78 is 5.19. The van der Waals surface area contributed by atoms with Crippen LogP contribution in [0.3, 0.4) is 0 Å². The van der Waals surface area contributed by atoms with Crippen molar-refractivity contribution in [2.75, 3.05) is 12.5 Å². The highest BCUT2D eigenvalue weighted by molar-refractivity contribution is 6.03. The molecule has 0 spiro atoms. The van der Waals surface area contributed by atoms with Gasteiger partial charge in [-0.1, -0.05) is 38.1 Å². The highest BCUT2D eigenvalue weighted by Crippen LogP contribution is 2.29. The molecule has 0 aliphatic heterocycles. The van der Waals surface area contributed by atoms with Gasteiger partial charge in [-0.2, -0.15) is 10.4 Å². The lowest BCUT2D eigenvalue weighted by Crippen LogP contribution is -2.45. The van der Waals surface area contributed by atoms with Gasteiger partial charge >= 0.3 is 11.8 Å². The molecule has 2 rings (SSSR count). The highest BCUT2D eigenvalue weighted by atomic mass is 16.9. The second kappa shape index (κ2) is 10.9. The van der Waals surface area contributed by atoms with Gasteiger partial charge in [-0.05, 0) is 49.9 Å². The van der Waals surface area contributed by atoms with E-state index in [0.717, 1.165) is 12.0 Å². The number of carbonyl (C=O) groups excluding carboxylic acids is 1. The zero-order chi connectivity index (χ0) is 24.8. The number of carboxylic acids is 1. The molecule has 0 bridgehead atoms. The average molecular weight is 457 g/mol. The van der Waals surface area contributed by atoms with Gasteiger partial charge in [0.1, 0.15) is 11.4 Å². The Kier molecular flexibility index (Phi) is 8.47. The second-order valence-electron chi connectivity index (χ2n) is 7.52. The minimum atomic E-state index is -1.80. The zero-order valence-electron chi connectivity index (χ0n) is 19.4. The summed E-state index contributed by atoms with van der Waals surface area (Å²) in [5, 5.41) is 30.7. The van der Waals surface area contributed by atoms with Crippen LogP contribution in [0.15, 0.2) is 59.4 Å². The molecule has 0 amide bonds. The van der Waals surface area contributed by atoms with Crippen molar-refractivity contribution < 1.29 is 34.8 Å². The number of rotatable bonds is 10. The Morgan fingerprint density at radius 1 is 1.12 bits per heavy atom. The molecule has 0 aliphatic carbocycles. The molecule has 33 heavy (non-hydrogen) atoms. The Morgan fingerprint density at radius 2 is 1.70 bits per heavy atom. The number of aromatic carboxylic acids is 1. The summed E-state index contributed by atoms with van der Waals surface area (Å²) in [6.07, 6.45) is 2.19. The number of benzene rings is 2. The van der Waals surface area contributed by atoms with E-state index < -0.39 is 10.9 Å². The smallest absolute Gasteiger partial charge is 0.335 e. The molecule has 0 heterocycles. The largest absolute Gasteiger partial charge is 0.494 e. The molecule has 0 saturated carbocycles. The van der Waals surface area contributed by atoms with E-state index in [4.69, 9.17) is 9.84 Å². The van der Waals surface area contributed by atoms with Gasteiger partial charge in [-0.15, -0.1) is 10.4 Å². The molecule has 1 atom stereocenters. The van der Waals surface area contributed by atoms with Gasteiger partial charge in [0, 0.05) is 11.6 Å². The Bertz CT molecular complexity index is 1070. The lowest BCUT2D eigenvalue weighted by atomic mass is 9.95. The van der Waals surface area contributed by atoms with Gasteiger partial charge in [0.05, 0.1) is 23.3 Å². The molecule has 1 unspecified atom stereocenters. The van der Waals surface area contributed by atoms with Gasteiger partial charge in [-0.3, -0.25) is 4.79 Å². The Labute approximate surface area is 192 Å². The highest BCUT2D eigenvalue weighted by Gasteiger charge is 2.33. The van der Waals surface area contributed by atoms with Crippen molar-refractivity contribution in [2.45, 2.75) is 34.1 Å². The van der Waals surface area contributed by atoms with Crippen LogP contribution < -0.4 is 10.2 Å². The number of carboxylic acid groups (broad SMARTS) is 1.